The van der Waals surface area contributed by atoms with Crippen LogP contribution in [0.1, 0.15) is 28.8 Å². The third-order valence-corrected chi connectivity index (χ3v) is 8.05. The molecule has 0 bridgehead atoms. The number of benzene rings is 2. The molecule has 0 saturated carbocycles. The minimum atomic E-state index is 0.109. The van der Waals surface area contributed by atoms with Crippen LogP contribution in [0.2, 0.25) is 10.0 Å². The van der Waals surface area contributed by atoms with Crippen molar-refractivity contribution in [3.63, 3.8) is 0 Å². The number of fused-ring (bicyclic) bond motifs is 1. The Balaban J connectivity index is 1.19. The molecule has 7 heteroatoms. The van der Waals surface area contributed by atoms with Crippen molar-refractivity contribution in [3.05, 3.63) is 75.9 Å². The van der Waals surface area contributed by atoms with Gasteiger partial charge in [-0.25, -0.2) is 0 Å². The number of amides is 1. The molecule has 2 saturated heterocycles. The molecule has 0 radical (unpaired) electrons. The number of piperidine rings is 1. The summed E-state index contributed by atoms with van der Waals surface area (Å²) in [5.74, 6) is 0.519. The molecule has 5 nitrogen and oxygen atoms in total. The predicted molar refractivity (Wildman–Crippen MR) is 137 cm³/mol. The Morgan fingerprint density at radius 2 is 1.88 bits per heavy atom. The minimum absolute atomic E-state index is 0.109. The van der Waals surface area contributed by atoms with Crippen LogP contribution in [0.5, 0.6) is 0 Å². The van der Waals surface area contributed by atoms with Gasteiger partial charge in [0, 0.05) is 62.4 Å². The summed E-state index contributed by atoms with van der Waals surface area (Å²) in [4.78, 5) is 22.0. The fourth-order valence-electron chi connectivity index (χ4n) is 5.43. The number of hydrogen-bond donors (Lipinski definition) is 0. The molecule has 3 heterocycles. The van der Waals surface area contributed by atoms with Gasteiger partial charge in [0.2, 0.25) is 0 Å². The van der Waals surface area contributed by atoms with E-state index in [0.29, 0.717) is 22.0 Å². The quantitative estimate of drug-likeness (QED) is 0.477. The van der Waals surface area contributed by atoms with Crippen molar-refractivity contribution in [1.29, 1.82) is 0 Å². The van der Waals surface area contributed by atoms with E-state index in [9.17, 15) is 4.79 Å². The monoisotopic (exact) mass is 497 g/mol. The predicted octanol–water partition coefficient (Wildman–Crippen LogP) is 5.34. The standard InChI is InChI=1S/C27H29Cl2N3O2/c1-34-26-17-32(16-21(26)13-18-4-6-23(28)24(29)14-18)22-8-11-31(12-9-22)27(33)20-5-7-25-19(15-20)3-2-10-30-25/h2-7,10,14-15,21-22,26H,8-9,11-13,16-17H2,1H3/t21-,26-/m1/s1. The molecule has 178 valence electrons. The molecule has 0 unspecified atom stereocenters. The van der Waals surface area contributed by atoms with Crippen molar-refractivity contribution in [3.8, 4) is 0 Å². The number of aromatic nitrogens is 1. The van der Waals surface area contributed by atoms with Gasteiger partial charge in [0.05, 0.1) is 21.7 Å². The number of rotatable bonds is 5. The van der Waals surface area contributed by atoms with Crippen LogP contribution in [0.25, 0.3) is 10.9 Å². The second-order valence-electron chi connectivity index (χ2n) is 9.37. The maximum Gasteiger partial charge on any atom is 0.253 e. The first-order valence-corrected chi connectivity index (χ1v) is 12.6. The molecule has 0 N–H and O–H groups in total. The van der Waals surface area contributed by atoms with E-state index in [2.05, 4.69) is 16.0 Å². The third kappa shape index (κ3) is 4.94. The average molecular weight is 498 g/mol. The van der Waals surface area contributed by atoms with E-state index in [-0.39, 0.29) is 12.0 Å². The molecule has 2 aliphatic heterocycles. The van der Waals surface area contributed by atoms with E-state index in [4.69, 9.17) is 27.9 Å². The van der Waals surface area contributed by atoms with Crippen LogP contribution < -0.4 is 0 Å². The molecule has 34 heavy (non-hydrogen) atoms. The van der Waals surface area contributed by atoms with Gasteiger partial charge in [0.1, 0.15) is 0 Å². The molecule has 2 fully saturated rings. The number of likely N-dealkylation sites (tertiary alicyclic amines) is 2. The van der Waals surface area contributed by atoms with Gasteiger partial charge in [-0.15, -0.1) is 0 Å². The lowest BCUT2D eigenvalue weighted by molar-refractivity contribution is 0.0585. The number of hydrogen-bond acceptors (Lipinski definition) is 4. The molecule has 3 aromatic rings. The summed E-state index contributed by atoms with van der Waals surface area (Å²) < 4.78 is 5.85. The van der Waals surface area contributed by atoms with Gasteiger partial charge in [0.15, 0.2) is 0 Å². The van der Waals surface area contributed by atoms with Crippen LogP contribution in [0.3, 0.4) is 0 Å². The second-order valence-corrected chi connectivity index (χ2v) is 10.2. The van der Waals surface area contributed by atoms with Gasteiger partial charge in [-0.1, -0.05) is 35.3 Å². The van der Waals surface area contributed by atoms with Crippen LogP contribution in [-0.2, 0) is 11.2 Å². The van der Waals surface area contributed by atoms with Crippen LogP contribution in [-0.4, -0.2) is 66.1 Å². The minimum Gasteiger partial charge on any atom is -0.380 e. The first-order valence-electron chi connectivity index (χ1n) is 11.9. The maximum atomic E-state index is 13.1. The Hall–Kier alpha value is -2.18. The number of pyridine rings is 1. The van der Waals surface area contributed by atoms with Gasteiger partial charge >= 0.3 is 0 Å². The molecular formula is C27H29Cl2N3O2. The van der Waals surface area contributed by atoms with Crippen molar-refractivity contribution < 1.29 is 9.53 Å². The zero-order valence-electron chi connectivity index (χ0n) is 19.3. The van der Waals surface area contributed by atoms with E-state index >= 15 is 0 Å². The van der Waals surface area contributed by atoms with Gasteiger partial charge in [-0.2, -0.15) is 0 Å². The molecule has 0 aliphatic carbocycles. The lowest BCUT2D eigenvalue weighted by Gasteiger charge is -2.37. The summed E-state index contributed by atoms with van der Waals surface area (Å²) in [6.07, 6.45) is 4.85. The Morgan fingerprint density at radius 1 is 1.06 bits per heavy atom. The van der Waals surface area contributed by atoms with Crippen LogP contribution in [0.4, 0.5) is 0 Å². The maximum absolute atomic E-state index is 13.1. The number of halogens is 2. The highest BCUT2D eigenvalue weighted by molar-refractivity contribution is 6.42. The topological polar surface area (TPSA) is 45.7 Å². The number of carbonyl (C=O) groups excluding carboxylic acids is 1. The molecule has 5 rings (SSSR count). The largest absolute Gasteiger partial charge is 0.380 e. The second kappa shape index (κ2) is 10.2. The first kappa shape index (κ1) is 23.6. The Bertz CT molecular complexity index is 1180. The van der Waals surface area contributed by atoms with E-state index in [1.165, 1.54) is 5.56 Å². The van der Waals surface area contributed by atoms with Crippen molar-refractivity contribution in [1.82, 2.24) is 14.8 Å². The summed E-state index contributed by atoms with van der Waals surface area (Å²) in [7, 11) is 1.80. The number of methoxy groups -OCH3 is 1. The van der Waals surface area contributed by atoms with Crippen molar-refractivity contribution in [2.45, 2.75) is 31.4 Å². The van der Waals surface area contributed by atoms with E-state index in [0.717, 1.165) is 61.9 Å². The third-order valence-electron chi connectivity index (χ3n) is 7.31. The van der Waals surface area contributed by atoms with Crippen LogP contribution in [0.15, 0.2) is 54.7 Å². The van der Waals surface area contributed by atoms with E-state index < -0.39 is 0 Å². The SMILES string of the molecule is CO[C@@H]1CN(C2CCN(C(=O)c3ccc4ncccc4c3)CC2)C[C@H]1Cc1ccc(Cl)c(Cl)c1. The molecule has 1 aromatic heterocycles. The molecule has 2 atom stereocenters. The zero-order chi connectivity index (χ0) is 23.7. The van der Waals surface area contributed by atoms with Crippen molar-refractivity contribution in [2.24, 2.45) is 5.92 Å². The molecule has 1 amide bonds. The fourth-order valence-corrected chi connectivity index (χ4v) is 5.75. The first-order chi connectivity index (χ1) is 16.5. The summed E-state index contributed by atoms with van der Waals surface area (Å²) in [6.45, 7) is 3.48. The lowest BCUT2D eigenvalue weighted by atomic mass is 9.96. The number of ether oxygens (including phenoxy) is 1. The highest BCUT2D eigenvalue weighted by Crippen LogP contribution is 2.31. The average Bonchev–Trinajstić information content (AvgIpc) is 3.28. The summed E-state index contributed by atoms with van der Waals surface area (Å²) in [5.41, 5.74) is 2.84. The highest BCUT2D eigenvalue weighted by Gasteiger charge is 2.37. The van der Waals surface area contributed by atoms with Crippen LogP contribution >= 0.6 is 23.2 Å². The van der Waals surface area contributed by atoms with Crippen molar-refractivity contribution >= 4 is 40.0 Å². The van der Waals surface area contributed by atoms with Gasteiger partial charge < -0.3 is 9.64 Å². The number of carbonyl (C=O) groups is 1. The van der Waals surface area contributed by atoms with Gasteiger partial charge in [-0.05, 0) is 61.2 Å². The fraction of sp³-hybridized carbons (Fsp3) is 0.407. The smallest absolute Gasteiger partial charge is 0.253 e. The normalized spacial score (nSPS) is 21.9. The van der Waals surface area contributed by atoms with Crippen LogP contribution in [0, 0.1) is 5.92 Å². The summed E-state index contributed by atoms with van der Waals surface area (Å²) >= 11 is 12.3. The van der Waals surface area contributed by atoms with E-state index in [1.807, 2.05) is 47.4 Å². The summed E-state index contributed by atoms with van der Waals surface area (Å²) in [5, 5.41) is 2.19. The molecule has 0 spiro atoms. The van der Waals surface area contributed by atoms with Gasteiger partial charge in [-0.3, -0.25) is 14.7 Å². The molecule has 2 aliphatic rings. The molecule has 2 aromatic carbocycles. The van der Waals surface area contributed by atoms with Gasteiger partial charge in [0.25, 0.3) is 5.91 Å². The Kier molecular flexibility index (Phi) is 7.07. The lowest BCUT2D eigenvalue weighted by Crippen LogP contribution is -2.46. The zero-order valence-corrected chi connectivity index (χ0v) is 20.8. The van der Waals surface area contributed by atoms with E-state index in [1.54, 1.807) is 13.3 Å². The highest BCUT2D eigenvalue weighted by atomic mass is 35.5. The molecular weight excluding hydrogens is 469 g/mol. The summed E-state index contributed by atoms with van der Waals surface area (Å²) in [6, 6.07) is 16.0. The Morgan fingerprint density at radius 3 is 2.65 bits per heavy atom. The number of nitrogens with zero attached hydrogens (tertiary/aromatic N) is 3. The van der Waals surface area contributed by atoms with Crippen molar-refractivity contribution in [2.75, 3.05) is 33.3 Å². The Labute approximate surface area is 210 Å².